The van der Waals surface area contributed by atoms with Crippen molar-refractivity contribution in [1.82, 2.24) is 9.78 Å². The van der Waals surface area contributed by atoms with Crippen LogP contribution in [0.15, 0.2) is 30.6 Å². The summed E-state index contributed by atoms with van der Waals surface area (Å²) in [4.78, 5) is 22.7. The van der Waals surface area contributed by atoms with Gasteiger partial charge in [0.1, 0.15) is 6.54 Å². The molecule has 3 rings (SSSR count). The van der Waals surface area contributed by atoms with Crippen molar-refractivity contribution < 1.29 is 19.4 Å². The molecule has 2 N–H and O–H groups in total. The van der Waals surface area contributed by atoms with Gasteiger partial charge in [-0.05, 0) is 23.3 Å². The predicted octanol–water partition coefficient (Wildman–Crippen LogP) is 1.25. The summed E-state index contributed by atoms with van der Waals surface area (Å²) in [5.74, 6) is -1.26. The molecule has 0 unspecified atom stereocenters. The van der Waals surface area contributed by atoms with Gasteiger partial charge in [-0.2, -0.15) is 5.10 Å². The van der Waals surface area contributed by atoms with Crippen molar-refractivity contribution in [3.8, 4) is 0 Å². The van der Waals surface area contributed by atoms with Crippen molar-refractivity contribution in [2.75, 3.05) is 5.32 Å². The molecular weight excluding hydrogens is 274 g/mol. The lowest BCUT2D eigenvalue weighted by atomic mass is 10.1. The largest absolute Gasteiger partial charge is 0.480 e. The number of carbonyl (C=O) groups is 2. The van der Waals surface area contributed by atoms with E-state index in [0.717, 1.165) is 11.1 Å². The van der Waals surface area contributed by atoms with Crippen molar-refractivity contribution in [2.45, 2.75) is 19.8 Å². The molecule has 7 heteroatoms. The molecule has 21 heavy (non-hydrogen) atoms. The summed E-state index contributed by atoms with van der Waals surface area (Å²) in [7, 11) is 0. The van der Waals surface area contributed by atoms with Crippen LogP contribution in [0.4, 0.5) is 5.69 Å². The lowest BCUT2D eigenvalue weighted by molar-refractivity contribution is -0.137. The highest BCUT2D eigenvalue weighted by molar-refractivity contribution is 6.04. The van der Waals surface area contributed by atoms with E-state index in [-0.39, 0.29) is 12.5 Å². The first kappa shape index (κ1) is 13.3. The molecule has 0 radical (unpaired) electrons. The molecule has 7 nitrogen and oxygen atoms in total. The molecule has 1 amide bonds. The molecular formula is C14H13N3O4. The van der Waals surface area contributed by atoms with Crippen LogP contribution in [0.2, 0.25) is 0 Å². The highest BCUT2D eigenvalue weighted by Gasteiger charge is 2.15. The monoisotopic (exact) mass is 287 g/mol. The summed E-state index contributed by atoms with van der Waals surface area (Å²) < 4.78 is 6.55. The Morgan fingerprint density at radius 3 is 2.95 bits per heavy atom. The highest BCUT2D eigenvalue weighted by Crippen LogP contribution is 2.21. The number of rotatable bonds is 4. The van der Waals surface area contributed by atoms with E-state index in [1.807, 2.05) is 6.07 Å². The van der Waals surface area contributed by atoms with Crippen LogP contribution in [0.1, 0.15) is 21.5 Å². The quantitative estimate of drug-likeness (QED) is 0.882. The summed E-state index contributed by atoms with van der Waals surface area (Å²) in [6.07, 6.45) is 2.89. The predicted molar refractivity (Wildman–Crippen MR) is 72.8 cm³/mol. The normalized spacial score (nSPS) is 13.0. The number of aliphatic carboxylic acids is 1. The minimum atomic E-state index is -0.991. The van der Waals surface area contributed by atoms with Gasteiger partial charge in [-0.25, -0.2) is 0 Å². The van der Waals surface area contributed by atoms with Gasteiger partial charge in [-0.3, -0.25) is 14.3 Å². The van der Waals surface area contributed by atoms with Gasteiger partial charge in [-0.15, -0.1) is 0 Å². The summed E-state index contributed by atoms with van der Waals surface area (Å²) in [5, 5.41) is 15.2. The van der Waals surface area contributed by atoms with Crippen LogP contribution in [-0.2, 0) is 29.3 Å². The van der Waals surface area contributed by atoms with Gasteiger partial charge in [-0.1, -0.05) is 6.07 Å². The number of hydrogen-bond donors (Lipinski definition) is 2. The molecule has 1 aliphatic rings. The summed E-state index contributed by atoms with van der Waals surface area (Å²) >= 11 is 0. The minimum absolute atomic E-state index is 0.244. The Hall–Kier alpha value is -2.67. The van der Waals surface area contributed by atoms with Crippen LogP contribution in [0.3, 0.4) is 0 Å². The number of nitrogens with zero attached hydrogens (tertiary/aromatic N) is 2. The number of anilines is 1. The average molecular weight is 287 g/mol. The SMILES string of the molecule is O=C(O)Cn1cc(NC(=O)c2ccc3c(c2)COC3)cn1. The molecule has 1 aliphatic heterocycles. The molecule has 0 aliphatic carbocycles. The fourth-order valence-electron chi connectivity index (χ4n) is 2.17. The maximum Gasteiger partial charge on any atom is 0.325 e. The third-order valence-electron chi connectivity index (χ3n) is 3.17. The van der Waals surface area contributed by atoms with Gasteiger partial charge in [0, 0.05) is 11.8 Å². The second-order valence-corrected chi connectivity index (χ2v) is 4.75. The minimum Gasteiger partial charge on any atom is -0.480 e. The Morgan fingerprint density at radius 1 is 1.33 bits per heavy atom. The first-order valence-electron chi connectivity index (χ1n) is 6.37. The van der Waals surface area contributed by atoms with Gasteiger partial charge in [0.05, 0.1) is 25.1 Å². The topological polar surface area (TPSA) is 93.5 Å². The zero-order chi connectivity index (χ0) is 14.8. The van der Waals surface area contributed by atoms with Crippen molar-refractivity contribution in [3.05, 3.63) is 47.3 Å². The Bertz CT molecular complexity index is 708. The van der Waals surface area contributed by atoms with Crippen molar-refractivity contribution >= 4 is 17.6 Å². The van der Waals surface area contributed by atoms with E-state index in [0.29, 0.717) is 24.5 Å². The molecule has 108 valence electrons. The Labute approximate surface area is 120 Å². The molecule has 0 saturated heterocycles. The van der Waals surface area contributed by atoms with Crippen molar-refractivity contribution in [1.29, 1.82) is 0 Å². The number of benzene rings is 1. The number of amides is 1. The molecule has 0 atom stereocenters. The smallest absolute Gasteiger partial charge is 0.325 e. The lowest BCUT2D eigenvalue weighted by Gasteiger charge is -2.04. The number of carboxylic acids is 1. The first-order valence-corrected chi connectivity index (χ1v) is 6.37. The van der Waals surface area contributed by atoms with Crippen LogP contribution >= 0.6 is 0 Å². The van der Waals surface area contributed by atoms with E-state index in [1.165, 1.54) is 17.1 Å². The van der Waals surface area contributed by atoms with Crippen LogP contribution in [0.5, 0.6) is 0 Å². The number of ether oxygens (including phenoxy) is 1. The average Bonchev–Trinajstić information content (AvgIpc) is 3.06. The standard InChI is InChI=1S/C14H13N3O4/c18-13(19)6-17-5-12(4-15-17)16-14(20)9-1-2-10-7-21-8-11(10)3-9/h1-5H,6-8H2,(H,16,20)(H,18,19). The maximum absolute atomic E-state index is 12.1. The number of aromatic nitrogens is 2. The Morgan fingerprint density at radius 2 is 2.14 bits per heavy atom. The zero-order valence-electron chi connectivity index (χ0n) is 11.1. The van der Waals surface area contributed by atoms with E-state index in [1.54, 1.807) is 12.1 Å². The van der Waals surface area contributed by atoms with Crippen LogP contribution in [0.25, 0.3) is 0 Å². The number of carboxylic acid groups (broad SMARTS) is 1. The third-order valence-corrected chi connectivity index (χ3v) is 3.17. The van der Waals surface area contributed by atoms with Crippen molar-refractivity contribution in [2.24, 2.45) is 0 Å². The third kappa shape index (κ3) is 2.92. The van der Waals surface area contributed by atoms with E-state index in [9.17, 15) is 9.59 Å². The Kier molecular flexibility index (Phi) is 3.41. The summed E-state index contributed by atoms with van der Waals surface area (Å²) in [6.45, 7) is 0.859. The van der Waals surface area contributed by atoms with E-state index in [4.69, 9.17) is 9.84 Å². The maximum atomic E-state index is 12.1. The Balaban J connectivity index is 1.71. The zero-order valence-corrected chi connectivity index (χ0v) is 11.1. The van der Waals surface area contributed by atoms with Crippen molar-refractivity contribution in [3.63, 3.8) is 0 Å². The number of fused-ring (bicyclic) bond motifs is 1. The van der Waals surface area contributed by atoms with E-state index < -0.39 is 5.97 Å². The molecule has 1 aromatic carbocycles. The second kappa shape index (κ2) is 5.37. The number of carbonyl (C=O) groups excluding carboxylic acids is 1. The lowest BCUT2D eigenvalue weighted by Crippen LogP contribution is -2.12. The molecule has 0 fully saturated rings. The summed E-state index contributed by atoms with van der Waals surface area (Å²) in [6, 6.07) is 5.43. The fourth-order valence-corrected chi connectivity index (χ4v) is 2.17. The van der Waals surface area contributed by atoms with Gasteiger partial charge < -0.3 is 15.2 Å². The fraction of sp³-hybridized carbons (Fsp3) is 0.214. The first-order chi connectivity index (χ1) is 10.1. The van der Waals surface area contributed by atoms with E-state index >= 15 is 0 Å². The van der Waals surface area contributed by atoms with E-state index in [2.05, 4.69) is 10.4 Å². The highest BCUT2D eigenvalue weighted by atomic mass is 16.5. The van der Waals surface area contributed by atoms with Gasteiger partial charge in [0.15, 0.2) is 0 Å². The van der Waals surface area contributed by atoms with Crippen LogP contribution in [-0.4, -0.2) is 26.8 Å². The molecule has 2 aromatic rings. The van der Waals surface area contributed by atoms with Gasteiger partial charge >= 0.3 is 5.97 Å². The molecule has 1 aromatic heterocycles. The van der Waals surface area contributed by atoms with Gasteiger partial charge in [0.2, 0.25) is 0 Å². The second-order valence-electron chi connectivity index (χ2n) is 4.75. The number of hydrogen-bond acceptors (Lipinski definition) is 4. The molecule has 0 spiro atoms. The summed E-state index contributed by atoms with van der Waals surface area (Å²) in [5.41, 5.74) is 3.10. The molecule has 2 heterocycles. The van der Waals surface area contributed by atoms with Crippen LogP contribution in [0, 0.1) is 0 Å². The van der Waals surface area contributed by atoms with Gasteiger partial charge in [0.25, 0.3) is 5.91 Å². The molecule has 0 bridgehead atoms. The number of nitrogens with one attached hydrogen (secondary N) is 1. The van der Waals surface area contributed by atoms with Crippen LogP contribution < -0.4 is 5.32 Å². The molecule has 0 saturated carbocycles.